The normalized spacial score (nSPS) is 11.0. The highest BCUT2D eigenvalue weighted by Crippen LogP contribution is 2.28. The zero-order valence-corrected chi connectivity index (χ0v) is 18.2. The molecule has 0 radical (unpaired) electrons. The summed E-state index contributed by atoms with van der Waals surface area (Å²) >= 11 is 17.2. The van der Waals surface area contributed by atoms with Gasteiger partial charge >= 0.3 is 0 Å². The fourth-order valence-corrected chi connectivity index (χ4v) is 4.40. The van der Waals surface area contributed by atoms with Crippen molar-refractivity contribution in [1.82, 2.24) is 5.43 Å². The summed E-state index contributed by atoms with van der Waals surface area (Å²) in [4.78, 5) is 13.9. The van der Waals surface area contributed by atoms with Crippen molar-refractivity contribution in [3.8, 4) is 0 Å². The fourth-order valence-electron chi connectivity index (χ4n) is 2.09. The van der Waals surface area contributed by atoms with Crippen LogP contribution in [0, 0.1) is 0 Å². The summed E-state index contributed by atoms with van der Waals surface area (Å²) in [6, 6.07) is 11.2. The van der Waals surface area contributed by atoms with Crippen molar-refractivity contribution >= 4 is 68.7 Å². The first-order chi connectivity index (χ1) is 12.4. The predicted molar refractivity (Wildman–Crippen MR) is 117 cm³/mol. The summed E-state index contributed by atoms with van der Waals surface area (Å²) in [6.07, 6.45) is 1.61. The Kier molecular flexibility index (Phi) is 8.28. The molecular weight excluding hydrogens is 457 g/mol. The number of thioether (sulfide) groups is 1. The van der Waals surface area contributed by atoms with Crippen LogP contribution in [0.1, 0.15) is 11.1 Å². The van der Waals surface area contributed by atoms with Crippen LogP contribution in [0.2, 0.25) is 10.0 Å². The Balaban J connectivity index is 1.81. The molecular formula is C18H18BrCl2N3OS. The zero-order valence-electron chi connectivity index (χ0n) is 14.3. The smallest absolute Gasteiger partial charge is 0.250 e. The van der Waals surface area contributed by atoms with Gasteiger partial charge in [0.15, 0.2) is 0 Å². The number of hydrogen-bond acceptors (Lipinski definition) is 4. The average Bonchev–Trinajstić information content (AvgIpc) is 2.57. The highest BCUT2D eigenvalue weighted by atomic mass is 79.9. The Morgan fingerprint density at radius 1 is 1.27 bits per heavy atom. The summed E-state index contributed by atoms with van der Waals surface area (Å²) in [7, 11) is 3.95. The van der Waals surface area contributed by atoms with E-state index in [1.807, 2.05) is 37.2 Å². The van der Waals surface area contributed by atoms with Crippen molar-refractivity contribution in [3.63, 3.8) is 0 Å². The van der Waals surface area contributed by atoms with Crippen LogP contribution in [-0.4, -0.2) is 32.0 Å². The largest absolute Gasteiger partial charge is 0.377 e. The minimum absolute atomic E-state index is 0.182. The van der Waals surface area contributed by atoms with Crippen molar-refractivity contribution in [2.45, 2.75) is 5.75 Å². The first-order valence-electron chi connectivity index (χ1n) is 7.68. The summed E-state index contributed by atoms with van der Waals surface area (Å²) in [5.41, 5.74) is 5.32. The molecule has 2 aromatic carbocycles. The van der Waals surface area contributed by atoms with E-state index in [4.69, 9.17) is 23.2 Å². The lowest BCUT2D eigenvalue weighted by molar-refractivity contribution is -0.118. The lowest BCUT2D eigenvalue weighted by atomic mass is 10.2. The molecule has 0 aliphatic rings. The van der Waals surface area contributed by atoms with Crippen LogP contribution in [-0.2, 0) is 10.5 Å². The van der Waals surface area contributed by atoms with Crippen molar-refractivity contribution in [1.29, 1.82) is 0 Å². The molecule has 0 aromatic heterocycles. The minimum atomic E-state index is -0.182. The molecule has 0 atom stereocenters. The molecule has 0 bridgehead atoms. The molecule has 0 unspecified atom stereocenters. The van der Waals surface area contributed by atoms with Gasteiger partial charge in [-0.05, 0) is 51.3 Å². The van der Waals surface area contributed by atoms with Crippen LogP contribution in [0.25, 0.3) is 0 Å². The number of rotatable bonds is 7. The maximum Gasteiger partial charge on any atom is 0.250 e. The van der Waals surface area contributed by atoms with Gasteiger partial charge in [0.05, 0.1) is 17.7 Å². The number of nitrogens with zero attached hydrogens (tertiary/aromatic N) is 2. The maximum absolute atomic E-state index is 11.9. The summed E-state index contributed by atoms with van der Waals surface area (Å²) in [5, 5.41) is 5.21. The van der Waals surface area contributed by atoms with E-state index in [0.29, 0.717) is 15.8 Å². The molecule has 2 rings (SSSR count). The Morgan fingerprint density at radius 2 is 1.96 bits per heavy atom. The minimum Gasteiger partial charge on any atom is -0.377 e. The number of carbonyl (C=O) groups excluding carboxylic acids is 1. The standard InChI is InChI=1S/C18H18BrCl2N3OS/c1-24(2)17-7-6-12(8-14(17)19)9-22-23-18(25)11-26-10-13-15(20)4-3-5-16(13)21/h3-9H,10-11H2,1-2H3,(H,23,25)/b22-9-. The van der Waals surface area contributed by atoms with E-state index in [9.17, 15) is 4.79 Å². The van der Waals surface area contributed by atoms with Gasteiger partial charge in [-0.2, -0.15) is 5.10 Å². The summed E-state index contributed by atoms with van der Waals surface area (Å²) in [5.74, 6) is 0.648. The Labute approximate surface area is 176 Å². The van der Waals surface area contributed by atoms with E-state index in [1.165, 1.54) is 11.8 Å². The summed E-state index contributed by atoms with van der Waals surface area (Å²) < 4.78 is 0.963. The van der Waals surface area contributed by atoms with E-state index in [1.54, 1.807) is 24.4 Å². The second kappa shape index (κ2) is 10.2. The van der Waals surface area contributed by atoms with E-state index in [2.05, 4.69) is 26.5 Å². The first kappa shape index (κ1) is 21.1. The zero-order chi connectivity index (χ0) is 19.1. The molecule has 0 saturated carbocycles. The lowest BCUT2D eigenvalue weighted by Gasteiger charge is -2.14. The molecule has 0 saturated heterocycles. The van der Waals surface area contributed by atoms with Crippen LogP contribution < -0.4 is 10.3 Å². The summed E-state index contributed by atoms with van der Waals surface area (Å²) in [6.45, 7) is 0. The van der Waals surface area contributed by atoms with Crippen molar-refractivity contribution in [2.24, 2.45) is 5.10 Å². The fraction of sp³-hybridized carbons (Fsp3) is 0.222. The topological polar surface area (TPSA) is 44.7 Å². The van der Waals surface area contributed by atoms with Gasteiger partial charge in [-0.25, -0.2) is 5.43 Å². The van der Waals surface area contributed by atoms with Gasteiger partial charge < -0.3 is 4.90 Å². The Hall–Kier alpha value is -1.21. The molecule has 1 N–H and O–H groups in total. The molecule has 0 spiro atoms. The highest BCUT2D eigenvalue weighted by Gasteiger charge is 2.07. The van der Waals surface area contributed by atoms with E-state index >= 15 is 0 Å². The number of benzene rings is 2. The first-order valence-corrected chi connectivity index (χ1v) is 10.4. The Bertz CT molecular complexity index is 795. The molecule has 4 nitrogen and oxygen atoms in total. The maximum atomic E-state index is 11.9. The molecule has 2 aromatic rings. The average molecular weight is 475 g/mol. The molecule has 8 heteroatoms. The number of halogens is 3. The highest BCUT2D eigenvalue weighted by molar-refractivity contribution is 9.10. The van der Waals surface area contributed by atoms with Crippen LogP contribution in [0.3, 0.4) is 0 Å². The van der Waals surface area contributed by atoms with Crippen LogP contribution in [0.5, 0.6) is 0 Å². The second-order valence-corrected chi connectivity index (χ2v) is 8.25. The van der Waals surface area contributed by atoms with Gasteiger partial charge in [-0.1, -0.05) is 35.3 Å². The molecule has 26 heavy (non-hydrogen) atoms. The Morgan fingerprint density at radius 3 is 2.58 bits per heavy atom. The number of carbonyl (C=O) groups is 1. The molecule has 0 aliphatic heterocycles. The van der Waals surface area contributed by atoms with Crippen molar-refractivity contribution in [2.75, 3.05) is 24.7 Å². The molecule has 1 amide bonds. The second-order valence-electron chi connectivity index (χ2n) is 5.59. The van der Waals surface area contributed by atoms with Gasteiger partial charge in [0.2, 0.25) is 5.91 Å². The van der Waals surface area contributed by atoms with E-state index in [-0.39, 0.29) is 11.7 Å². The van der Waals surface area contributed by atoms with Crippen LogP contribution in [0.4, 0.5) is 5.69 Å². The van der Waals surface area contributed by atoms with Gasteiger partial charge in [-0.15, -0.1) is 11.8 Å². The SMILES string of the molecule is CN(C)c1ccc(/C=N\NC(=O)CSCc2c(Cl)cccc2Cl)cc1Br. The molecule has 0 heterocycles. The van der Waals surface area contributed by atoms with Gasteiger partial charge in [-0.3, -0.25) is 4.79 Å². The number of hydrogen-bond donors (Lipinski definition) is 1. The van der Waals surface area contributed by atoms with Crippen molar-refractivity contribution < 1.29 is 4.79 Å². The van der Waals surface area contributed by atoms with Gasteiger partial charge in [0.25, 0.3) is 0 Å². The van der Waals surface area contributed by atoms with Gasteiger partial charge in [0.1, 0.15) is 0 Å². The predicted octanol–water partition coefficient (Wildman–Crippen LogP) is 5.21. The quantitative estimate of drug-likeness (QED) is 0.442. The van der Waals surface area contributed by atoms with Crippen LogP contribution in [0.15, 0.2) is 46.0 Å². The van der Waals surface area contributed by atoms with Crippen LogP contribution >= 0.6 is 50.9 Å². The lowest BCUT2D eigenvalue weighted by Crippen LogP contribution is -2.19. The number of amides is 1. The third-order valence-electron chi connectivity index (χ3n) is 3.40. The monoisotopic (exact) mass is 473 g/mol. The number of anilines is 1. The molecule has 0 fully saturated rings. The third kappa shape index (κ3) is 6.20. The van der Waals surface area contributed by atoms with Crippen molar-refractivity contribution in [3.05, 3.63) is 62.0 Å². The number of nitrogens with one attached hydrogen (secondary N) is 1. The van der Waals surface area contributed by atoms with E-state index < -0.39 is 0 Å². The molecule has 0 aliphatic carbocycles. The van der Waals surface area contributed by atoms with E-state index in [0.717, 1.165) is 21.3 Å². The number of hydrazone groups is 1. The molecule has 138 valence electrons. The third-order valence-corrected chi connectivity index (χ3v) is 5.70. The van der Waals surface area contributed by atoms with Gasteiger partial charge in [0, 0.05) is 34.4 Å².